The number of benzene rings is 1. The molecular formula is C17H22ClN3O. The van der Waals surface area contributed by atoms with Crippen molar-refractivity contribution in [3.05, 3.63) is 35.0 Å². The van der Waals surface area contributed by atoms with Crippen LogP contribution in [0.5, 0.6) is 0 Å². The molecule has 2 heterocycles. The lowest BCUT2D eigenvalue weighted by Crippen LogP contribution is -2.38. The van der Waals surface area contributed by atoms with E-state index < -0.39 is 0 Å². The van der Waals surface area contributed by atoms with Crippen LogP contribution in [0, 0.1) is 5.92 Å². The number of pyridine rings is 1. The summed E-state index contributed by atoms with van der Waals surface area (Å²) in [5, 5.41) is 11.1. The molecule has 0 aliphatic carbocycles. The Bertz CT molecular complexity index is 674. The van der Waals surface area contributed by atoms with Crippen LogP contribution in [-0.4, -0.2) is 29.8 Å². The standard InChI is InChI=1S/C17H22ClN3O/c1-11(19)14-8-15(18)13-5-2-6-20-16(13)17(14)21-7-3-4-12(9-21)10-22/h2,5-6,8,11-12,22H,3-4,7,9-10,19H2,1H3. The first-order valence-electron chi connectivity index (χ1n) is 7.80. The lowest BCUT2D eigenvalue weighted by molar-refractivity contribution is 0.208. The molecule has 1 aliphatic rings. The highest BCUT2D eigenvalue weighted by molar-refractivity contribution is 6.36. The topological polar surface area (TPSA) is 62.4 Å². The number of hydrogen-bond donors (Lipinski definition) is 2. The number of piperidine rings is 1. The van der Waals surface area contributed by atoms with Crippen molar-refractivity contribution in [1.82, 2.24) is 4.98 Å². The summed E-state index contributed by atoms with van der Waals surface area (Å²) in [6.07, 6.45) is 3.93. The van der Waals surface area contributed by atoms with Crippen LogP contribution in [0.25, 0.3) is 10.9 Å². The monoisotopic (exact) mass is 319 g/mol. The van der Waals surface area contributed by atoms with E-state index in [-0.39, 0.29) is 12.6 Å². The van der Waals surface area contributed by atoms with Gasteiger partial charge in [0.2, 0.25) is 0 Å². The Balaban J connectivity index is 2.17. The van der Waals surface area contributed by atoms with E-state index in [9.17, 15) is 5.11 Å². The molecule has 1 aliphatic heterocycles. The van der Waals surface area contributed by atoms with Crippen LogP contribution in [0.15, 0.2) is 24.4 Å². The van der Waals surface area contributed by atoms with Crippen LogP contribution in [0.4, 0.5) is 5.69 Å². The molecule has 5 heteroatoms. The van der Waals surface area contributed by atoms with Crippen molar-refractivity contribution in [3.8, 4) is 0 Å². The first kappa shape index (κ1) is 15.5. The average molecular weight is 320 g/mol. The summed E-state index contributed by atoms with van der Waals surface area (Å²) in [5.74, 6) is 0.309. The minimum atomic E-state index is -0.117. The Hall–Kier alpha value is -1.36. The van der Waals surface area contributed by atoms with Gasteiger partial charge in [0.05, 0.1) is 16.2 Å². The van der Waals surface area contributed by atoms with E-state index in [0.717, 1.165) is 48.1 Å². The highest BCUT2D eigenvalue weighted by Gasteiger charge is 2.25. The number of anilines is 1. The zero-order chi connectivity index (χ0) is 15.7. The van der Waals surface area contributed by atoms with Gasteiger partial charge in [0, 0.05) is 37.3 Å². The number of hydrogen-bond acceptors (Lipinski definition) is 4. The lowest BCUT2D eigenvalue weighted by Gasteiger charge is -2.36. The molecule has 0 radical (unpaired) electrons. The Morgan fingerprint density at radius 2 is 2.36 bits per heavy atom. The van der Waals surface area contributed by atoms with Crippen LogP contribution in [0.1, 0.15) is 31.4 Å². The number of aliphatic hydroxyl groups is 1. The number of halogens is 1. The summed E-state index contributed by atoms with van der Waals surface area (Å²) < 4.78 is 0. The Kier molecular flexibility index (Phi) is 4.52. The number of nitrogens with two attached hydrogens (primary N) is 1. The fourth-order valence-electron chi connectivity index (χ4n) is 3.30. The van der Waals surface area contributed by atoms with Gasteiger partial charge in [-0.3, -0.25) is 4.98 Å². The molecule has 0 amide bonds. The lowest BCUT2D eigenvalue weighted by atomic mass is 9.95. The molecule has 1 aromatic heterocycles. The molecule has 0 spiro atoms. The smallest absolute Gasteiger partial charge is 0.0953 e. The molecule has 22 heavy (non-hydrogen) atoms. The van der Waals surface area contributed by atoms with Crippen molar-refractivity contribution in [2.75, 3.05) is 24.6 Å². The zero-order valence-corrected chi connectivity index (χ0v) is 13.6. The first-order chi connectivity index (χ1) is 10.6. The van der Waals surface area contributed by atoms with E-state index in [1.54, 1.807) is 6.20 Å². The second-order valence-corrected chi connectivity index (χ2v) is 6.53. The quantitative estimate of drug-likeness (QED) is 0.912. The van der Waals surface area contributed by atoms with Gasteiger partial charge in [-0.1, -0.05) is 11.6 Å². The third kappa shape index (κ3) is 2.78. The van der Waals surface area contributed by atoms with Crippen molar-refractivity contribution in [2.45, 2.75) is 25.8 Å². The van der Waals surface area contributed by atoms with E-state index in [2.05, 4.69) is 9.88 Å². The van der Waals surface area contributed by atoms with Crippen molar-refractivity contribution in [3.63, 3.8) is 0 Å². The number of aliphatic hydroxyl groups excluding tert-OH is 1. The SMILES string of the molecule is CC(N)c1cc(Cl)c2cccnc2c1N1CCCC(CO)C1. The van der Waals surface area contributed by atoms with Crippen LogP contribution in [0.3, 0.4) is 0 Å². The van der Waals surface area contributed by atoms with Gasteiger partial charge in [-0.2, -0.15) is 0 Å². The summed E-state index contributed by atoms with van der Waals surface area (Å²) in [7, 11) is 0. The molecule has 118 valence electrons. The summed E-state index contributed by atoms with van der Waals surface area (Å²) in [5.41, 5.74) is 9.19. The Morgan fingerprint density at radius 3 is 3.09 bits per heavy atom. The minimum Gasteiger partial charge on any atom is -0.396 e. The molecular weight excluding hydrogens is 298 g/mol. The van der Waals surface area contributed by atoms with Crippen molar-refractivity contribution in [1.29, 1.82) is 0 Å². The average Bonchev–Trinajstić information content (AvgIpc) is 2.54. The Morgan fingerprint density at radius 1 is 1.55 bits per heavy atom. The van der Waals surface area contributed by atoms with Crippen molar-refractivity contribution >= 4 is 28.2 Å². The molecule has 4 nitrogen and oxygen atoms in total. The van der Waals surface area contributed by atoms with Crippen LogP contribution in [-0.2, 0) is 0 Å². The van der Waals surface area contributed by atoms with E-state index in [0.29, 0.717) is 10.9 Å². The van der Waals surface area contributed by atoms with Crippen LogP contribution >= 0.6 is 11.6 Å². The third-order valence-corrected chi connectivity index (χ3v) is 4.74. The summed E-state index contributed by atoms with van der Waals surface area (Å²) in [4.78, 5) is 6.88. The molecule has 3 rings (SSSR count). The predicted octanol–water partition coefficient (Wildman–Crippen LogP) is 3.12. The predicted molar refractivity (Wildman–Crippen MR) is 91.4 cm³/mol. The summed E-state index contributed by atoms with van der Waals surface area (Å²) in [6, 6.07) is 5.74. The second-order valence-electron chi connectivity index (χ2n) is 6.12. The first-order valence-corrected chi connectivity index (χ1v) is 8.18. The van der Waals surface area contributed by atoms with E-state index >= 15 is 0 Å². The van der Waals surface area contributed by atoms with Crippen LogP contribution < -0.4 is 10.6 Å². The van der Waals surface area contributed by atoms with Gasteiger partial charge in [0.1, 0.15) is 0 Å². The van der Waals surface area contributed by atoms with Gasteiger partial charge in [-0.05, 0) is 49.4 Å². The maximum atomic E-state index is 9.50. The molecule has 2 atom stereocenters. The molecule has 0 bridgehead atoms. The van der Waals surface area contributed by atoms with Gasteiger partial charge in [-0.25, -0.2) is 0 Å². The van der Waals surface area contributed by atoms with Gasteiger partial charge >= 0.3 is 0 Å². The van der Waals surface area contributed by atoms with Gasteiger partial charge in [0.25, 0.3) is 0 Å². The summed E-state index contributed by atoms with van der Waals surface area (Å²) in [6.45, 7) is 3.99. The van der Waals surface area contributed by atoms with Crippen molar-refractivity contribution < 1.29 is 5.11 Å². The number of nitrogens with zero attached hydrogens (tertiary/aromatic N) is 2. The number of rotatable bonds is 3. The molecule has 1 fully saturated rings. The largest absolute Gasteiger partial charge is 0.396 e. The molecule has 2 unspecified atom stereocenters. The molecule has 2 aromatic rings. The third-order valence-electron chi connectivity index (χ3n) is 4.43. The minimum absolute atomic E-state index is 0.117. The van der Waals surface area contributed by atoms with Gasteiger partial charge in [0.15, 0.2) is 0 Å². The van der Waals surface area contributed by atoms with Gasteiger partial charge in [-0.15, -0.1) is 0 Å². The van der Waals surface area contributed by atoms with Crippen molar-refractivity contribution in [2.24, 2.45) is 11.7 Å². The van der Waals surface area contributed by atoms with E-state index in [1.807, 2.05) is 25.1 Å². The molecule has 0 saturated carbocycles. The fraction of sp³-hybridized carbons (Fsp3) is 0.471. The van der Waals surface area contributed by atoms with E-state index in [1.165, 1.54) is 0 Å². The zero-order valence-electron chi connectivity index (χ0n) is 12.8. The number of aromatic nitrogens is 1. The van der Waals surface area contributed by atoms with Gasteiger partial charge < -0.3 is 15.7 Å². The number of fused-ring (bicyclic) bond motifs is 1. The van der Waals surface area contributed by atoms with E-state index in [4.69, 9.17) is 17.3 Å². The highest BCUT2D eigenvalue weighted by atomic mass is 35.5. The molecule has 3 N–H and O–H groups in total. The molecule has 1 aromatic carbocycles. The molecule has 1 saturated heterocycles. The maximum Gasteiger partial charge on any atom is 0.0953 e. The summed E-state index contributed by atoms with van der Waals surface area (Å²) >= 11 is 6.42. The second kappa shape index (κ2) is 6.41. The fourth-order valence-corrected chi connectivity index (χ4v) is 3.57. The van der Waals surface area contributed by atoms with Crippen LogP contribution in [0.2, 0.25) is 5.02 Å². The normalized spacial score (nSPS) is 20.4. The maximum absolute atomic E-state index is 9.50. The Labute approximate surface area is 135 Å². The highest BCUT2D eigenvalue weighted by Crippen LogP contribution is 2.38.